The molecule has 1 aliphatic carbocycles. The van der Waals surface area contributed by atoms with Crippen molar-refractivity contribution in [3.8, 4) is 0 Å². The second kappa shape index (κ2) is 5.66. The number of rotatable bonds is 1. The zero-order valence-corrected chi connectivity index (χ0v) is 13.7. The van der Waals surface area contributed by atoms with E-state index in [-0.39, 0.29) is 0 Å². The third-order valence-corrected chi connectivity index (χ3v) is 6.59. The Kier molecular flexibility index (Phi) is 4.11. The van der Waals surface area contributed by atoms with Crippen molar-refractivity contribution in [2.45, 2.75) is 25.7 Å². The Morgan fingerprint density at radius 3 is 2.79 bits per heavy atom. The first kappa shape index (κ1) is 13.8. The second-order valence-electron chi connectivity index (χ2n) is 5.34. The Labute approximate surface area is 131 Å². The topological polar surface area (TPSA) is 24.4 Å². The van der Waals surface area contributed by atoms with Crippen molar-refractivity contribution in [1.29, 1.82) is 0 Å². The maximum Gasteiger partial charge on any atom is 0.161 e. The van der Waals surface area contributed by atoms with E-state index in [9.17, 15) is 0 Å². The van der Waals surface area contributed by atoms with E-state index < -0.39 is 0 Å². The molecule has 1 aromatic rings. The van der Waals surface area contributed by atoms with E-state index in [1.54, 1.807) is 0 Å². The van der Waals surface area contributed by atoms with Crippen molar-refractivity contribution >= 4 is 50.1 Å². The number of hydrogen-bond donors (Lipinski definition) is 1. The molecule has 0 atom stereocenters. The van der Waals surface area contributed by atoms with Crippen LogP contribution in [-0.4, -0.2) is 17.5 Å². The van der Waals surface area contributed by atoms with Crippen molar-refractivity contribution in [3.63, 3.8) is 0 Å². The lowest BCUT2D eigenvalue weighted by molar-refractivity contribution is 0.359. The predicted molar refractivity (Wildman–Crippen MR) is 88.4 cm³/mol. The molecule has 1 N–H and O–H groups in total. The number of nitrogens with one attached hydrogen (secondary N) is 1. The fourth-order valence-electron chi connectivity index (χ4n) is 2.77. The van der Waals surface area contributed by atoms with Gasteiger partial charge in [-0.25, -0.2) is 0 Å². The van der Waals surface area contributed by atoms with Gasteiger partial charge in [-0.1, -0.05) is 42.3 Å². The molecule has 5 heteroatoms. The molecular weight excluding hydrogens is 344 g/mol. The van der Waals surface area contributed by atoms with Gasteiger partial charge in [0.05, 0.1) is 15.2 Å². The minimum absolute atomic E-state index is 0.488. The highest BCUT2D eigenvalue weighted by atomic mass is 79.9. The zero-order valence-electron chi connectivity index (χ0n) is 10.6. The summed E-state index contributed by atoms with van der Waals surface area (Å²) < 4.78 is 0.904. The fourth-order valence-corrected chi connectivity index (χ4v) is 4.47. The number of halogens is 2. The number of amidine groups is 1. The Hall–Kier alpha value is -0.190. The van der Waals surface area contributed by atoms with Gasteiger partial charge >= 0.3 is 0 Å². The van der Waals surface area contributed by atoms with E-state index in [1.165, 1.54) is 31.4 Å². The summed E-state index contributed by atoms with van der Waals surface area (Å²) in [6, 6.07) is 5.83. The van der Waals surface area contributed by atoms with E-state index in [0.717, 1.165) is 26.9 Å². The van der Waals surface area contributed by atoms with Crippen LogP contribution in [0.2, 0.25) is 5.02 Å². The fraction of sp³-hybridized carbons (Fsp3) is 0.500. The van der Waals surface area contributed by atoms with Crippen molar-refractivity contribution in [1.82, 2.24) is 0 Å². The number of benzene rings is 1. The van der Waals surface area contributed by atoms with Gasteiger partial charge in [-0.15, -0.1) is 0 Å². The van der Waals surface area contributed by atoms with Gasteiger partial charge in [-0.05, 0) is 46.3 Å². The lowest BCUT2D eigenvalue weighted by Gasteiger charge is -2.31. The van der Waals surface area contributed by atoms with Crippen LogP contribution in [0, 0.1) is 5.41 Å². The molecule has 0 amide bonds. The Morgan fingerprint density at radius 2 is 2.11 bits per heavy atom. The summed E-state index contributed by atoms with van der Waals surface area (Å²) in [4.78, 5) is 4.74. The number of anilines is 1. The molecule has 0 aromatic heterocycles. The highest BCUT2D eigenvalue weighted by Crippen LogP contribution is 2.43. The summed E-state index contributed by atoms with van der Waals surface area (Å²) in [5.41, 5.74) is 1.47. The van der Waals surface area contributed by atoms with Gasteiger partial charge in [-0.3, -0.25) is 4.99 Å². The number of nitrogens with zero attached hydrogens (tertiary/aromatic N) is 1. The number of hydrogen-bond acceptors (Lipinski definition) is 3. The largest absolute Gasteiger partial charge is 0.334 e. The molecule has 0 radical (unpaired) electrons. The Balaban J connectivity index is 1.71. The van der Waals surface area contributed by atoms with Crippen LogP contribution < -0.4 is 5.32 Å². The summed E-state index contributed by atoms with van der Waals surface area (Å²) in [6.07, 6.45) is 5.44. The molecule has 1 heterocycles. The maximum atomic E-state index is 6.10. The van der Waals surface area contributed by atoms with Crippen molar-refractivity contribution in [2.75, 3.05) is 17.6 Å². The molecule has 102 valence electrons. The molecule has 2 nitrogen and oxygen atoms in total. The molecule has 0 saturated heterocycles. The van der Waals surface area contributed by atoms with E-state index in [4.69, 9.17) is 16.6 Å². The van der Waals surface area contributed by atoms with Gasteiger partial charge in [0.25, 0.3) is 0 Å². The second-order valence-corrected chi connectivity index (χ2v) is 7.51. The van der Waals surface area contributed by atoms with Crippen LogP contribution in [0.15, 0.2) is 27.7 Å². The SMILES string of the molecule is Clc1cccc(NC2=NCC3(CCCC3)CS2)c1Br. The van der Waals surface area contributed by atoms with Gasteiger partial charge in [0.2, 0.25) is 0 Å². The number of thioether (sulfide) groups is 1. The third-order valence-electron chi connectivity index (χ3n) is 3.93. The predicted octanol–water partition coefficient (Wildman–Crippen LogP) is 5.18. The smallest absolute Gasteiger partial charge is 0.161 e. The van der Waals surface area contributed by atoms with Crippen LogP contribution in [0.1, 0.15) is 25.7 Å². The van der Waals surface area contributed by atoms with Crippen LogP contribution >= 0.6 is 39.3 Å². The lowest BCUT2D eigenvalue weighted by atomic mass is 9.89. The normalized spacial score (nSPS) is 21.5. The van der Waals surface area contributed by atoms with Crippen molar-refractivity contribution in [3.05, 3.63) is 27.7 Å². The van der Waals surface area contributed by atoms with Gasteiger partial charge in [0.1, 0.15) is 0 Å². The molecule has 1 spiro atoms. The molecule has 1 fully saturated rings. The molecule has 19 heavy (non-hydrogen) atoms. The Bertz CT molecular complexity index is 512. The van der Waals surface area contributed by atoms with Crippen LogP contribution in [-0.2, 0) is 0 Å². The average Bonchev–Trinajstić information content (AvgIpc) is 2.86. The first-order valence-corrected chi connectivity index (χ1v) is 8.73. The quantitative estimate of drug-likeness (QED) is 0.747. The summed E-state index contributed by atoms with van der Waals surface area (Å²) in [5, 5.41) is 5.11. The maximum absolute atomic E-state index is 6.10. The lowest BCUT2D eigenvalue weighted by Crippen LogP contribution is -2.30. The van der Waals surface area contributed by atoms with Gasteiger partial charge in [0.15, 0.2) is 5.17 Å². The van der Waals surface area contributed by atoms with Gasteiger partial charge in [-0.2, -0.15) is 0 Å². The highest BCUT2D eigenvalue weighted by molar-refractivity contribution is 9.10. The third kappa shape index (κ3) is 2.96. The van der Waals surface area contributed by atoms with Gasteiger partial charge in [0, 0.05) is 12.3 Å². The number of aliphatic imine (C=N–C) groups is 1. The van der Waals surface area contributed by atoms with E-state index >= 15 is 0 Å². The van der Waals surface area contributed by atoms with Crippen molar-refractivity contribution < 1.29 is 0 Å². The molecule has 1 aliphatic heterocycles. The van der Waals surface area contributed by atoms with E-state index in [1.807, 2.05) is 30.0 Å². The average molecular weight is 360 g/mol. The molecule has 0 bridgehead atoms. The molecule has 2 aliphatic rings. The molecule has 0 unspecified atom stereocenters. The molecule has 1 aromatic carbocycles. The Morgan fingerprint density at radius 1 is 1.32 bits per heavy atom. The molecular formula is C14H16BrClN2S. The van der Waals surface area contributed by atoms with E-state index in [2.05, 4.69) is 21.2 Å². The minimum Gasteiger partial charge on any atom is -0.334 e. The molecule has 1 saturated carbocycles. The first-order chi connectivity index (χ1) is 9.19. The standard InChI is InChI=1S/C14H16BrClN2S/c15-12-10(16)4-3-5-11(12)18-13-17-8-14(9-19-13)6-1-2-7-14/h3-5H,1-2,6-9H2,(H,17,18). The summed E-state index contributed by atoms with van der Waals surface area (Å²) in [6.45, 7) is 0.973. The van der Waals surface area contributed by atoms with Crippen LogP contribution in [0.3, 0.4) is 0 Å². The highest BCUT2D eigenvalue weighted by Gasteiger charge is 2.36. The van der Waals surface area contributed by atoms with Crippen LogP contribution in [0.25, 0.3) is 0 Å². The summed E-state index contributed by atoms with van der Waals surface area (Å²) in [7, 11) is 0. The van der Waals surface area contributed by atoms with E-state index in [0.29, 0.717) is 5.41 Å². The van der Waals surface area contributed by atoms with Gasteiger partial charge < -0.3 is 5.32 Å². The van der Waals surface area contributed by atoms with Crippen LogP contribution in [0.5, 0.6) is 0 Å². The zero-order chi connectivity index (χ0) is 13.3. The van der Waals surface area contributed by atoms with Crippen molar-refractivity contribution in [2.24, 2.45) is 10.4 Å². The first-order valence-electron chi connectivity index (χ1n) is 6.57. The minimum atomic E-state index is 0.488. The molecule has 3 rings (SSSR count). The summed E-state index contributed by atoms with van der Waals surface area (Å²) >= 11 is 11.4. The van der Waals surface area contributed by atoms with Crippen LogP contribution in [0.4, 0.5) is 5.69 Å². The summed E-state index contributed by atoms with van der Waals surface area (Å²) in [5.74, 6) is 1.19. The monoisotopic (exact) mass is 358 g/mol.